The van der Waals surface area contributed by atoms with Crippen LogP contribution in [-0.2, 0) is 5.41 Å². The first kappa shape index (κ1) is 14.0. The summed E-state index contributed by atoms with van der Waals surface area (Å²) in [6.45, 7) is 11.1. The summed E-state index contributed by atoms with van der Waals surface area (Å²) in [6, 6.07) is 8.40. The van der Waals surface area contributed by atoms with Gasteiger partial charge < -0.3 is 10.4 Å². The van der Waals surface area contributed by atoms with E-state index in [-0.39, 0.29) is 17.6 Å². The van der Waals surface area contributed by atoms with Crippen LogP contribution in [0, 0.1) is 0 Å². The van der Waals surface area contributed by atoms with Crippen molar-refractivity contribution in [2.45, 2.75) is 52.0 Å². The highest BCUT2D eigenvalue weighted by atomic mass is 16.3. The average molecular weight is 235 g/mol. The minimum Gasteiger partial charge on any atom is -0.396 e. The van der Waals surface area contributed by atoms with E-state index in [4.69, 9.17) is 5.11 Å². The molecule has 0 heterocycles. The van der Waals surface area contributed by atoms with Crippen LogP contribution >= 0.6 is 0 Å². The molecule has 0 saturated heterocycles. The number of aliphatic hydroxyl groups is 1. The first-order chi connectivity index (χ1) is 7.76. The van der Waals surface area contributed by atoms with E-state index in [0.717, 1.165) is 6.42 Å². The van der Waals surface area contributed by atoms with E-state index in [0.29, 0.717) is 0 Å². The fourth-order valence-electron chi connectivity index (χ4n) is 1.95. The third-order valence-corrected chi connectivity index (χ3v) is 2.94. The molecule has 0 radical (unpaired) electrons. The molecule has 2 nitrogen and oxygen atoms in total. The van der Waals surface area contributed by atoms with Gasteiger partial charge >= 0.3 is 0 Å². The molecular formula is C15H25NO. The lowest BCUT2D eigenvalue weighted by molar-refractivity contribution is 0.260. The second-order valence-electron chi connectivity index (χ2n) is 6.28. The minimum absolute atomic E-state index is 0.0872. The molecule has 0 fully saturated rings. The fourth-order valence-corrected chi connectivity index (χ4v) is 1.95. The quantitative estimate of drug-likeness (QED) is 0.836. The predicted molar refractivity (Wildman–Crippen MR) is 74.5 cm³/mol. The lowest BCUT2D eigenvalue weighted by Gasteiger charge is -2.31. The predicted octanol–water partition coefficient (Wildman–Crippen LogP) is 3.56. The first-order valence-electron chi connectivity index (χ1n) is 6.25. The van der Waals surface area contributed by atoms with Crippen LogP contribution in [0.5, 0.6) is 0 Å². The smallest absolute Gasteiger partial charge is 0.0453 e. The zero-order chi connectivity index (χ0) is 13.1. The summed E-state index contributed by atoms with van der Waals surface area (Å²) < 4.78 is 0. The van der Waals surface area contributed by atoms with Crippen molar-refractivity contribution < 1.29 is 5.11 Å². The van der Waals surface area contributed by atoms with Crippen LogP contribution in [0.25, 0.3) is 0 Å². The maximum atomic E-state index is 9.07. The maximum Gasteiger partial charge on any atom is 0.0453 e. The molecule has 96 valence electrons. The largest absolute Gasteiger partial charge is 0.396 e. The third-order valence-electron chi connectivity index (χ3n) is 2.94. The Bertz CT molecular complexity index is 363. The van der Waals surface area contributed by atoms with E-state index in [1.165, 1.54) is 11.3 Å². The van der Waals surface area contributed by atoms with Gasteiger partial charge in [-0.05, 0) is 37.3 Å². The van der Waals surface area contributed by atoms with E-state index in [9.17, 15) is 0 Å². The summed E-state index contributed by atoms with van der Waals surface area (Å²) >= 11 is 0. The Morgan fingerprint density at radius 3 is 2.18 bits per heavy atom. The zero-order valence-electron chi connectivity index (χ0n) is 11.7. The second-order valence-corrected chi connectivity index (χ2v) is 6.28. The molecule has 17 heavy (non-hydrogen) atoms. The molecule has 1 rings (SSSR count). The molecule has 0 amide bonds. The molecule has 2 N–H and O–H groups in total. The van der Waals surface area contributed by atoms with E-state index in [2.05, 4.69) is 58.1 Å². The maximum absolute atomic E-state index is 9.07. The molecule has 0 aromatic heterocycles. The Kier molecular flexibility index (Phi) is 4.21. The number of anilines is 1. The number of nitrogens with one attached hydrogen (secondary N) is 1. The molecule has 0 aliphatic rings. The highest BCUT2D eigenvalue weighted by Crippen LogP contribution is 2.31. The van der Waals surface area contributed by atoms with Gasteiger partial charge in [-0.1, -0.05) is 39.0 Å². The molecule has 0 atom stereocenters. The molecule has 0 bridgehead atoms. The standard InChI is InChI=1S/C15H25NO/c1-14(2,3)12-8-6-7-9-13(12)16-15(4,5)10-11-17/h6-9,16-17H,10-11H2,1-5H3. The highest BCUT2D eigenvalue weighted by molar-refractivity contribution is 5.55. The van der Waals surface area contributed by atoms with Crippen molar-refractivity contribution in [3.63, 3.8) is 0 Å². The van der Waals surface area contributed by atoms with Crippen LogP contribution in [0.3, 0.4) is 0 Å². The number of benzene rings is 1. The molecule has 1 aromatic rings. The van der Waals surface area contributed by atoms with Gasteiger partial charge in [-0.2, -0.15) is 0 Å². The van der Waals surface area contributed by atoms with E-state index in [1.807, 2.05) is 6.07 Å². The van der Waals surface area contributed by atoms with Crippen molar-refractivity contribution in [1.29, 1.82) is 0 Å². The molecule has 2 heteroatoms. The van der Waals surface area contributed by atoms with Crippen molar-refractivity contribution in [1.82, 2.24) is 0 Å². The second kappa shape index (κ2) is 5.09. The average Bonchev–Trinajstić information content (AvgIpc) is 2.15. The number of para-hydroxylation sites is 1. The van der Waals surface area contributed by atoms with Gasteiger partial charge in [0.1, 0.15) is 0 Å². The summed E-state index contributed by atoms with van der Waals surface area (Å²) in [6.07, 6.45) is 0.742. The van der Waals surface area contributed by atoms with Crippen LogP contribution in [-0.4, -0.2) is 17.3 Å². The van der Waals surface area contributed by atoms with Crippen molar-refractivity contribution in [2.75, 3.05) is 11.9 Å². The van der Waals surface area contributed by atoms with Gasteiger partial charge in [-0.3, -0.25) is 0 Å². The monoisotopic (exact) mass is 235 g/mol. The molecule has 0 unspecified atom stereocenters. The van der Waals surface area contributed by atoms with Gasteiger partial charge in [0.2, 0.25) is 0 Å². The minimum atomic E-state index is -0.0872. The number of aliphatic hydroxyl groups excluding tert-OH is 1. The Labute approximate surface area is 105 Å². The van der Waals surface area contributed by atoms with E-state index < -0.39 is 0 Å². The molecule has 0 aliphatic carbocycles. The van der Waals surface area contributed by atoms with E-state index in [1.54, 1.807) is 0 Å². The molecular weight excluding hydrogens is 210 g/mol. The van der Waals surface area contributed by atoms with Gasteiger partial charge in [0.15, 0.2) is 0 Å². The Balaban J connectivity index is 2.99. The lowest BCUT2D eigenvalue weighted by atomic mass is 9.85. The Hall–Kier alpha value is -1.02. The zero-order valence-corrected chi connectivity index (χ0v) is 11.7. The summed E-state index contributed by atoms with van der Waals surface area (Å²) in [5, 5.41) is 12.6. The topological polar surface area (TPSA) is 32.3 Å². The molecule has 0 spiro atoms. The van der Waals surface area contributed by atoms with Gasteiger partial charge in [-0.25, -0.2) is 0 Å². The van der Waals surface area contributed by atoms with Crippen LogP contribution in [0.15, 0.2) is 24.3 Å². The van der Waals surface area contributed by atoms with Crippen molar-refractivity contribution in [3.05, 3.63) is 29.8 Å². The van der Waals surface area contributed by atoms with Gasteiger partial charge in [-0.15, -0.1) is 0 Å². The van der Waals surface area contributed by atoms with E-state index >= 15 is 0 Å². The molecule has 0 saturated carbocycles. The van der Waals surface area contributed by atoms with Gasteiger partial charge in [0.25, 0.3) is 0 Å². The molecule has 0 aliphatic heterocycles. The van der Waals surface area contributed by atoms with Gasteiger partial charge in [0, 0.05) is 17.8 Å². The first-order valence-corrected chi connectivity index (χ1v) is 6.25. The van der Waals surface area contributed by atoms with Crippen molar-refractivity contribution in [3.8, 4) is 0 Å². The van der Waals surface area contributed by atoms with Crippen LogP contribution in [0.1, 0.15) is 46.6 Å². The number of hydrogen-bond acceptors (Lipinski definition) is 2. The highest BCUT2D eigenvalue weighted by Gasteiger charge is 2.22. The van der Waals surface area contributed by atoms with Crippen LogP contribution in [0.2, 0.25) is 0 Å². The SMILES string of the molecule is CC(C)(CCO)Nc1ccccc1C(C)(C)C. The Morgan fingerprint density at radius 2 is 1.65 bits per heavy atom. The fraction of sp³-hybridized carbons (Fsp3) is 0.600. The van der Waals surface area contributed by atoms with Gasteiger partial charge in [0.05, 0.1) is 0 Å². The molecule has 1 aromatic carbocycles. The number of hydrogen-bond donors (Lipinski definition) is 2. The van der Waals surface area contributed by atoms with Crippen LogP contribution in [0.4, 0.5) is 5.69 Å². The summed E-state index contributed by atoms with van der Waals surface area (Å²) in [5.74, 6) is 0. The lowest BCUT2D eigenvalue weighted by Crippen LogP contribution is -2.33. The third kappa shape index (κ3) is 4.04. The normalized spacial score (nSPS) is 12.6. The summed E-state index contributed by atoms with van der Waals surface area (Å²) in [4.78, 5) is 0. The summed E-state index contributed by atoms with van der Waals surface area (Å²) in [5.41, 5.74) is 2.51. The Morgan fingerprint density at radius 1 is 1.06 bits per heavy atom. The summed E-state index contributed by atoms with van der Waals surface area (Å²) in [7, 11) is 0. The van der Waals surface area contributed by atoms with Crippen molar-refractivity contribution in [2.24, 2.45) is 0 Å². The van der Waals surface area contributed by atoms with Crippen LogP contribution < -0.4 is 5.32 Å². The number of rotatable bonds is 4. The van der Waals surface area contributed by atoms with Crippen molar-refractivity contribution >= 4 is 5.69 Å².